The van der Waals surface area contributed by atoms with Crippen molar-refractivity contribution in [1.29, 1.82) is 0 Å². The lowest BCUT2D eigenvalue weighted by molar-refractivity contribution is 0.0660. The highest BCUT2D eigenvalue weighted by Crippen LogP contribution is 2.23. The van der Waals surface area contributed by atoms with E-state index in [9.17, 15) is 14.7 Å². The molecule has 1 aromatic carbocycles. The summed E-state index contributed by atoms with van der Waals surface area (Å²) in [6, 6.07) is 5.81. The lowest BCUT2D eigenvalue weighted by Gasteiger charge is -2.27. The molecule has 0 heterocycles. The van der Waals surface area contributed by atoms with Gasteiger partial charge in [-0.05, 0) is 37.1 Å². The normalized spacial score (nSPS) is 22.2. The van der Waals surface area contributed by atoms with Crippen molar-refractivity contribution in [1.82, 2.24) is 5.32 Å². The second kappa shape index (κ2) is 6.52. The van der Waals surface area contributed by atoms with E-state index in [0.29, 0.717) is 12.1 Å². The van der Waals surface area contributed by atoms with E-state index >= 15 is 0 Å². The van der Waals surface area contributed by atoms with Gasteiger partial charge in [-0.1, -0.05) is 12.8 Å². The fourth-order valence-corrected chi connectivity index (χ4v) is 2.52. The first-order valence-corrected chi connectivity index (χ1v) is 6.87. The van der Waals surface area contributed by atoms with Crippen LogP contribution in [0.4, 0.5) is 0 Å². The van der Waals surface area contributed by atoms with Crippen LogP contribution < -0.4 is 5.32 Å². The van der Waals surface area contributed by atoms with Crippen LogP contribution in [0.2, 0.25) is 0 Å². The summed E-state index contributed by atoms with van der Waals surface area (Å²) in [6.07, 6.45) is 3.53. The van der Waals surface area contributed by atoms with Crippen LogP contribution in [0.15, 0.2) is 24.3 Å². The molecule has 0 unspecified atom stereocenters. The molecule has 5 nitrogen and oxygen atoms in total. The highest BCUT2D eigenvalue weighted by Gasteiger charge is 2.23. The van der Waals surface area contributed by atoms with Gasteiger partial charge in [-0.15, -0.1) is 0 Å². The van der Waals surface area contributed by atoms with Gasteiger partial charge in [-0.3, -0.25) is 4.79 Å². The fraction of sp³-hybridized carbons (Fsp3) is 0.467. The third kappa shape index (κ3) is 3.57. The molecule has 0 radical (unpaired) electrons. The van der Waals surface area contributed by atoms with Crippen molar-refractivity contribution in [3.05, 3.63) is 35.4 Å². The Morgan fingerprint density at radius 3 is 2.30 bits per heavy atom. The molecule has 2 rings (SSSR count). The van der Waals surface area contributed by atoms with Crippen LogP contribution in [-0.4, -0.2) is 34.7 Å². The second-order valence-corrected chi connectivity index (χ2v) is 5.20. The molecule has 1 aliphatic rings. The zero-order valence-electron chi connectivity index (χ0n) is 11.2. The second-order valence-electron chi connectivity index (χ2n) is 5.20. The summed E-state index contributed by atoms with van der Waals surface area (Å²) >= 11 is 0. The van der Waals surface area contributed by atoms with Gasteiger partial charge >= 0.3 is 5.97 Å². The van der Waals surface area contributed by atoms with Crippen molar-refractivity contribution in [2.24, 2.45) is 5.92 Å². The van der Waals surface area contributed by atoms with E-state index in [1.807, 2.05) is 0 Å². The van der Waals surface area contributed by atoms with Crippen LogP contribution in [0.3, 0.4) is 0 Å². The molecule has 5 heteroatoms. The Morgan fingerprint density at radius 1 is 1.10 bits per heavy atom. The number of aromatic carboxylic acids is 1. The minimum atomic E-state index is -1.01. The highest BCUT2D eigenvalue weighted by molar-refractivity contribution is 5.95. The Bertz CT molecular complexity index is 483. The van der Waals surface area contributed by atoms with Crippen LogP contribution in [0.25, 0.3) is 0 Å². The molecule has 0 spiro atoms. The Balaban J connectivity index is 1.89. The van der Waals surface area contributed by atoms with Crippen molar-refractivity contribution < 1.29 is 19.8 Å². The Hall–Kier alpha value is -1.88. The smallest absolute Gasteiger partial charge is 0.335 e. The molecule has 2 atom stereocenters. The number of benzene rings is 1. The monoisotopic (exact) mass is 277 g/mol. The van der Waals surface area contributed by atoms with E-state index in [0.717, 1.165) is 25.7 Å². The predicted octanol–water partition coefficient (Wildman–Crippen LogP) is 1.67. The van der Waals surface area contributed by atoms with Crippen LogP contribution in [-0.2, 0) is 0 Å². The minimum absolute atomic E-state index is 0.117. The van der Waals surface area contributed by atoms with Gasteiger partial charge < -0.3 is 15.5 Å². The molecule has 1 fully saturated rings. The lowest BCUT2D eigenvalue weighted by atomic mass is 9.86. The van der Waals surface area contributed by atoms with E-state index < -0.39 is 5.97 Å². The average molecular weight is 277 g/mol. The lowest BCUT2D eigenvalue weighted by Crippen LogP contribution is -2.36. The third-order valence-corrected chi connectivity index (χ3v) is 3.79. The van der Waals surface area contributed by atoms with Gasteiger partial charge in [0.25, 0.3) is 5.91 Å². The topological polar surface area (TPSA) is 86.6 Å². The number of carbonyl (C=O) groups excluding carboxylic acids is 1. The number of rotatable bonds is 4. The van der Waals surface area contributed by atoms with E-state index in [1.54, 1.807) is 0 Å². The maximum atomic E-state index is 11.9. The Morgan fingerprint density at radius 2 is 1.70 bits per heavy atom. The molecule has 20 heavy (non-hydrogen) atoms. The molecule has 1 aliphatic carbocycles. The first-order chi connectivity index (χ1) is 9.58. The number of aliphatic hydroxyl groups is 1. The Kier molecular flexibility index (Phi) is 4.74. The highest BCUT2D eigenvalue weighted by atomic mass is 16.4. The molecule has 0 aromatic heterocycles. The number of amides is 1. The van der Waals surface area contributed by atoms with Crippen molar-refractivity contribution in [2.45, 2.75) is 31.8 Å². The summed E-state index contributed by atoms with van der Waals surface area (Å²) in [7, 11) is 0. The molecular formula is C15H19NO4. The summed E-state index contributed by atoms with van der Waals surface area (Å²) in [6.45, 7) is 0.459. The molecule has 3 N–H and O–H groups in total. The maximum Gasteiger partial charge on any atom is 0.335 e. The maximum absolute atomic E-state index is 11.9. The standard InChI is InChI=1S/C15H19NO4/c17-13-4-2-1-3-12(13)9-16-14(18)10-5-7-11(8-6-10)15(19)20/h5-8,12-13,17H,1-4,9H2,(H,16,18)(H,19,20)/t12-,13+/m1/s1. The van der Waals surface area contributed by atoms with Crippen LogP contribution >= 0.6 is 0 Å². The fourth-order valence-electron chi connectivity index (χ4n) is 2.52. The third-order valence-electron chi connectivity index (χ3n) is 3.79. The number of hydrogen-bond acceptors (Lipinski definition) is 3. The quantitative estimate of drug-likeness (QED) is 0.781. The first kappa shape index (κ1) is 14.5. The summed E-state index contributed by atoms with van der Waals surface area (Å²) in [5.74, 6) is -1.13. The number of nitrogens with one attached hydrogen (secondary N) is 1. The SMILES string of the molecule is O=C(O)c1ccc(C(=O)NC[C@H]2CCCC[C@@H]2O)cc1. The number of hydrogen-bond donors (Lipinski definition) is 3. The van der Waals surface area contributed by atoms with E-state index in [4.69, 9.17) is 5.11 Å². The molecule has 108 valence electrons. The summed E-state index contributed by atoms with van der Waals surface area (Å²) in [4.78, 5) is 22.7. The van der Waals surface area contributed by atoms with Gasteiger partial charge in [0.15, 0.2) is 0 Å². The molecule has 0 bridgehead atoms. The number of carboxylic acid groups (broad SMARTS) is 1. The summed E-state index contributed by atoms with van der Waals surface area (Å²) in [5.41, 5.74) is 0.588. The van der Waals surface area contributed by atoms with E-state index in [1.165, 1.54) is 24.3 Å². The summed E-state index contributed by atoms with van der Waals surface area (Å²) < 4.78 is 0. The van der Waals surface area contributed by atoms with Gasteiger partial charge in [-0.25, -0.2) is 4.79 Å². The summed E-state index contributed by atoms with van der Waals surface area (Å²) in [5, 5.41) is 21.4. The largest absolute Gasteiger partial charge is 0.478 e. The molecule has 1 amide bonds. The van der Waals surface area contributed by atoms with E-state index in [-0.39, 0.29) is 23.5 Å². The molecule has 1 aromatic rings. The first-order valence-electron chi connectivity index (χ1n) is 6.87. The van der Waals surface area contributed by atoms with E-state index in [2.05, 4.69) is 5.32 Å². The molecule has 1 saturated carbocycles. The van der Waals surface area contributed by atoms with Crippen molar-refractivity contribution in [3.8, 4) is 0 Å². The molecule has 0 saturated heterocycles. The van der Waals surface area contributed by atoms with Crippen LogP contribution in [0, 0.1) is 5.92 Å². The average Bonchev–Trinajstić information content (AvgIpc) is 2.46. The number of aliphatic hydroxyl groups excluding tert-OH is 1. The van der Waals surface area contributed by atoms with Gasteiger partial charge in [0.1, 0.15) is 0 Å². The predicted molar refractivity (Wildman–Crippen MR) is 73.7 cm³/mol. The van der Waals surface area contributed by atoms with Gasteiger partial charge in [0, 0.05) is 18.0 Å². The van der Waals surface area contributed by atoms with Gasteiger partial charge in [-0.2, -0.15) is 0 Å². The van der Waals surface area contributed by atoms with Crippen molar-refractivity contribution in [3.63, 3.8) is 0 Å². The molecule has 0 aliphatic heterocycles. The zero-order valence-corrected chi connectivity index (χ0v) is 11.2. The van der Waals surface area contributed by atoms with Crippen molar-refractivity contribution >= 4 is 11.9 Å². The Labute approximate surface area is 117 Å². The van der Waals surface area contributed by atoms with Gasteiger partial charge in [0.2, 0.25) is 0 Å². The van der Waals surface area contributed by atoms with Crippen LogP contribution in [0.5, 0.6) is 0 Å². The minimum Gasteiger partial charge on any atom is -0.478 e. The van der Waals surface area contributed by atoms with Crippen molar-refractivity contribution in [2.75, 3.05) is 6.54 Å². The number of carbonyl (C=O) groups is 2. The zero-order chi connectivity index (χ0) is 14.5. The molecular weight excluding hydrogens is 258 g/mol. The van der Waals surface area contributed by atoms with Gasteiger partial charge in [0.05, 0.1) is 11.7 Å². The number of carboxylic acids is 1. The van der Waals surface area contributed by atoms with Crippen LogP contribution in [0.1, 0.15) is 46.4 Å².